The molecule has 0 unspecified atom stereocenters. The normalized spacial score (nSPS) is 21.6. The Kier molecular flexibility index (Phi) is 11.4. The Balaban J connectivity index is 1.15. The molecule has 9 heteroatoms. The van der Waals surface area contributed by atoms with E-state index in [4.69, 9.17) is 9.47 Å². The van der Waals surface area contributed by atoms with Crippen LogP contribution >= 0.6 is 0 Å². The summed E-state index contributed by atoms with van der Waals surface area (Å²) in [5.41, 5.74) is -1.00. The lowest BCUT2D eigenvalue weighted by Crippen LogP contribution is -2.30. The molecule has 0 radical (unpaired) electrons. The molecule has 47 heavy (non-hydrogen) atoms. The smallest absolute Gasteiger partial charge is 0.341 e. The summed E-state index contributed by atoms with van der Waals surface area (Å²) in [4.78, 5) is 12.9. The van der Waals surface area contributed by atoms with Crippen molar-refractivity contribution in [1.82, 2.24) is 0 Å². The molecule has 0 aliphatic heterocycles. The first-order valence-electron chi connectivity index (χ1n) is 16.5. The van der Waals surface area contributed by atoms with Crippen molar-refractivity contribution in [3.63, 3.8) is 0 Å². The van der Waals surface area contributed by atoms with Crippen LogP contribution in [0.1, 0.15) is 99.0 Å². The Bertz CT molecular complexity index is 1600. The molecule has 0 spiro atoms. The second kappa shape index (κ2) is 15.4. The van der Waals surface area contributed by atoms with E-state index in [1.165, 1.54) is 18.2 Å². The summed E-state index contributed by atoms with van der Waals surface area (Å²) < 4.78 is 99.6. The van der Waals surface area contributed by atoms with Gasteiger partial charge in [0.15, 0.2) is 34.8 Å². The molecule has 0 aromatic heterocycles. The number of esters is 1. The molecule has 3 aromatic rings. The van der Waals surface area contributed by atoms with Crippen molar-refractivity contribution in [3.8, 4) is 16.9 Å². The summed E-state index contributed by atoms with van der Waals surface area (Å²) in [7, 11) is 0. The molecule has 5 rings (SSSR count). The monoisotopic (exact) mass is 658 g/mol. The molecule has 0 amide bonds. The van der Waals surface area contributed by atoms with Gasteiger partial charge in [-0.3, -0.25) is 0 Å². The Morgan fingerprint density at radius 3 is 1.98 bits per heavy atom. The standard InChI is InChI=1S/C38H40F6O3/c1-3-5-6-7-25-14-17-28(34(41)32(25)39)29-18-19-30(36(43)35(29)42)38(45)47-26-15-12-23(13-16-26)22-8-10-24(11-9-22)27-20-21-31(46-4-2)37(44)33(27)40/h3,5,14,17-24,26H,4,6-13,15-16H2,1-2H3. The summed E-state index contributed by atoms with van der Waals surface area (Å²) in [5, 5.41) is 0. The third kappa shape index (κ3) is 7.54. The van der Waals surface area contributed by atoms with Gasteiger partial charge in [0, 0.05) is 11.1 Å². The zero-order chi connectivity index (χ0) is 33.7. The summed E-state index contributed by atoms with van der Waals surface area (Å²) in [6.07, 6.45) is 9.92. The van der Waals surface area contributed by atoms with E-state index >= 15 is 8.78 Å². The fourth-order valence-corrected chi connectivity index (χ4v) is 7.23. The predicted molar refractivity (Wildman–Crippen MR) is 168 cm³/mol. The number of aryl methyl sites for hydroxylation is 1. The number of allylic oxidation sites excluding steroid dienone is 2. The van der Waals surface area contributed by atoms with Gasteiger partial charge in [-0.2, -0.15) is 4.39 Å². The van der Waals surface area contributed by atoms with E-state index in [2.05, 4.69) is 0 Å². The number of hydrogen-bond acceptors (Lipinski definition) is 3. The number of ether oxygens (including phenoxy) is 2. The van der Waals surface area contributed by atoms with Gasteiger partial charge in [-0.25, -0.2) is 26.7 Å². The Hall–Kier alpha value is -3.75. The van der Waals surface area contributed by atoms with Gasteiger partial charge in [0.2, 0.25) is 5.82 Å². The second-order valence-corrected chi connectivity index (χ2v) is 12.6. The fraction of sp³-hybridized carbons (Fsp3) is 0.447. The molecular weight excluding hydrogens is 618 g/mol. The SMILES string of the molecule is CC=CCCc1ccc(-c2ccc(C(=O)OC3CCC(C4CCC(c5ccc(OCC)c(F)c5F)CC4)CC3)c(F)c2F)c(F)c1F. The van der Waals surface area contributed by atoms with Crippen molar-refractivity contribution in [3.05, 3.63) is 100 Å². The van der Waals surface area contributed by atoms with Gasteiger partial charge >= 0.3 is 5.97 Å². The minimum absolute atomic E-state index is 0.0570. The maximum Gasteiger partial charge on any atom is 0.341 e. The average Bonchev–Trinajstić information content (AvgIpc) is 3.07. The van der Waals surface area contributed by atoms with Crippen molar-refractivity contribution in [1.29, 1.82) is 0 Å². The number of rotatable bonds is 10. The second-order valence-electron chi connectivity index (χ2n) is 12.6. The van der Waals surface area contributed by atoms with Crippen LogP contribution < -0.4 is 4.74 Å². The highest BCUT2D eigenvalue weighted by Gasteiger charge is 2.34. The van der Waals surface area contributed by atoms with Crippen LogP contribution in [0.2, 0.25) is 0 Å². The Morgan fingerprint density at radius 1 is 0.723 bits per heavy atom. The van der Waals surface area contributed by atoms with Crippen molar-refractivity contribution in [2.45, 2.75) is 90.1 Å². The van der Waals surface area contributed by atoms with Crippen molar-refractivity contribution in [2.24, 2.45) is 11.8 Å². The Labute approximate surface area is 272 Å². The lowest BCUT2D eigenvalue weighted by Gasteiger charge is -2.37. The van der Waals surface area contributed by atoms with Gasteiger partial charge in [-0.05, 0) is 119 Å². The minimum atomic E-state index is -1.47. The lowest BCUT2D eigenvalue weighted by molar-refractivity contribution is 0.0109. The van der Waals surface area contributed by atoms with E-state index in [9.17, 15) is 22.4 Å². The molecule has 2 fully saturated rings. The lowest BCUT2D eigenvalue weighted by atomic mass is 9.69. The van der Waals surface area contributed by atoms with Gasteiger partial charge in [0.25, 0.3) is 0 Å². The van der Waals surface area contributed by atoms with Crippen LogP contribution in [0, 0.1) is 46.7 Å². The summed E-state index contributed by atoms with van der Waals surface area (Å²) in [6, 6.07) is 7.78. The maximum atomic E-state index is 15.1. The van der Waals surface area contributed by atoms with Gasteiger partial charge in [-0.1, -0.05) is 36.4 Å². The molecule has 2 aliphatic rings. The highest BCUT2D eigenvalue weighted by atomic mass is 19.2. The fourth-order valence-electron chi connectivity index (χ4n) is 7.23. The van der Waals surface area contributed by atoms with Crippen molar-refractivity contribution in [2.75, 3.05) is 6.61 Å². The summed E-state index contributed by atoms with van der Waals surface area (Å²) in [5.74, 6) is -7.42. The van der Waals surface area contributed by atoms with E-state index in [-0.39, 0.29) is 30.3 Å². The molecular formula is C38H40F6O3. The van der Waals surface area contributed by atoms with Crippen LogP contribution in [0.3, 0.4) is 0 Å². The largest absolute Gasteiger partial charge is 0.491 e. The topological polar surface area (TPSA) is 35.5 Å². The van der Waals surface area contributed by atoms with Gasteiger partial charge in [-0.15, -0.1) is 0 Å². The molecule has 2 saturated carbocycles. The van der Waals surface area contributed by atoms with E-state index in [0.717, 1.165) is 50.7 Å². The van der Waals surface area contributed by atoms with E-state index in [1.807, 2.05) is 13.0 Å². The highest BCUT2D eigenvalue weighted by Crippen LogP contribution is 2.44. The van der Waals surface area contributed by atoms with Crippen LogP contribution in [0.15, 0.2) is 48.6 Å². The van der Waals surface area contributed by atoms with E-state index in [0.29, 0.717) is 36.7 Å². The maximum absolute atomic E-state index is 15.1. The molecule has 3 nitrogen and oxygen atoms in total. The molecule has 0 saturated heterocycles. The van der Waals surface area contributed by atoms with Crippen molar-refractivity contribution < 1.29 is 40.6 Å². The number of carbonyl (C=O) groups is 1. The molecule has 0 N–H and O–H groups in total. The van der Waals surface area contributed by atoms with Crippen LogP contribution in [-0.2, 0) is 11.2 Å². The van der Waals surface area contributed by atoms with E-state index in [1.54, 1.807) is 19.1 Å². The molecule has 0 heterocycles. The molecule has 252 valence electrons. The third-order valence-electron chi connectivity index (χ3n) is 9.82. The van der Waals surface area contributed by atoms with Crippen LogP contribution in [0.4, 0.5) is 26.3 Å². The third-order valence-corrected chi connectivity index (χ3v) is 9.82. The van der Waals surface area contributed by atoms with Gasteiger partial charge in [0.05, 0.1) is 12.2 Å². The van der Waals surface area contributed by atoms with Crippen molar-refractivity contribution >= 4 is 5.97 Å². The van der Waals surface area contributed by atoms with E-state index < -0.39 is 63.7 Å². The highest BCUT2D eigenvalue weighted by molar-refractivity contribution is 5.90. The quantitative estimate of drug-likeness (QED) is 0.124. The Morgan fingerprint density at radius 2 is 1.34 bits per heavy atom. The summed E-state index contributed by atoms with van der Waals surface area (Å²) in [6.45, 7) is 3.79. The first-order chi connectivity index (χ1) is 22.6. The number of halogens is 6. The number of hydrogen-bond donors (Lipinski definition) is 0. The zero-order valence-corrected chi connectivity index (χ0v) is 26.7. The van der Waals surface area contributed by atoms with Crippen LogP contribution in [-0.4, -0.2) is 18.7 Å². The average molecular weight is 659 g/mol. The van der Waals surface area contributed by atoms with Gasteiger partial charge in [0.1, 0.15) is 6.10 Å². The van der Waals surface area contributed by atoms with Crippen LogP contribution in [0.25, 0.3) is 11.1 Å². The molecule has 3 aromatic carbocycles. The zero-order valence-electron chi connectivity index (χ0n) is 26.7. The first-order valence-corrected chi connectivity index (χ1v) is 16.5. The molecule has 2 aliphatic carbocycles. The number of benzene rings is 3. The summed E-state index contributed by atoms with van der Waals surface area (Å²) >= 11 is 0. The predicted octanol–water partition coefficient (Wildman–Crippen LogP) is 10.8. The minimum Gasteiger partial charge on any atom is -0.491 e. The first kappa shape index (κ1) is 34.6. The van der Waals surface area contributed by atoms with Gasteiger partial charge < -0.3 is 9.47 Å². The molecule has 0 bridgehead atoms. The molecule has 0 atom stereocenters. The number of carbonyl (C=O) groups excluding carboxylic acids is 1. The van der Waals surface area contributed by atoms with Crippen LogP contribution in [0.5, 0.6) is 5.75 Å².